The van der Waals surface area contributed by atoms with Crippen molar-refractivity contribution < 1.29 is 0 Å². The molecule has 30 heavy (non-hydrogen) atoms. The van der Waals surface area contributed by atoms with Gasteiger partial charge in [0.25, 0.3) is 0 Å². The Labute approximate surface area is 183 Å². The Kier molecular flexibility index (Phi) is 6.18. The zero-order valence-corrected chi connectivity index (χ0v) is 19.5. The lowest BCUT2D eigenvalue weighted by Gasteiger charge is -2.15. The number of hydrogen-bond donors (Lipinski definition) is 2. The molecule has 160 valence electrons. The van der Waals surface area contributed by atoms with Crippen LogP contribution < -0.4 is 10.6 Å². The van der Waals surface area contributed by atoms with Gasteiger partial charge in [-0.3, -0.25) is 4.98 Å². The van der Waals surface area contributed by atoms with Crippen LogP contribution in [-0.2, 0) is 0 Å². The van der Waals surface area contributed by atoms with Crippen molar-refractivity contribution in [1.82, 2.24) is 19.9 Å². The minimum atomic E-state index is 0.690. The standard InChI is InChI=1S/C23H32N6S/c1-6-13(2)9-10-24-21-19(15(4)27-23(29-21)25-12-17-7-8-17)22-28-18-11-14(3)26-16(5)20(18)30-22/h11,13,17H,6-10,12H2,1-5H3,(H2,24,25,27,29). The number of thiazole rings is 1. The number of anilines is 2. The SMILES string of the molecule is CCC(C)CCNc1nc(NCC2CC2)nc(C)c1-c1nc2cc(C)nc(C)c2s1. The van der Waals surface area contributed by atoms with Gasteiger partial charge in [-0.2, -0.15) is 4.98 Å². The highest BCUT2D eigenvalue weighted by molar-refractivity contribution is 7.21. The predicted molar refractivity (Wildman–Crippen MR) is 126 cm³/mol. The van der Waals surface area contributed by atoms with Crippen molar-refractivity contribution in [2.75, 3.05) is 23.7 Å². The van der Waals surface area contributed by atoms with Crippen LogP contribution in [0.5, 0.6) is 0 Å². The van der Waals surface area contributed by atoms with E-state index in [9.17, 15) is 0 Å². The molecule has 0 spiro atoms. The van der Waals surface area contributed by atoms with E-state index in [0.717, 1.165) is 69.1 Å². The van der Waals surface area contributed by atoms with Crippen LogP contribution in [0.15, 0.2) is 6.07 Å². The number of fused-ring (bicyclic) bond motifs is 1. The van der Waals surface area contributed by atoms with Crippen molar-refractivity contribution in [3.05, 3.63) is 23.1 Å². The van der Waals surface area contributed by atoms with E-state index in [-0.39, 0.29) is 0 Å². The first-order valence-electron chi connectivity index (χ1n) is 11.1. The van der Waals surface area contributed by atoms with E-state index in [1.54, 1.807) is 11.3 Å². The molecule has 0 amide bonds. The lowest BCUT2D eigenvalue weighted by molar-refractivity contribution is 0.531. The number of nitrogens with one attached hydrogen (secondary N) is 2. The first-order chi connectivity index (χ1) is 14.4. The summed E-state index contributed by atoms with van der Waals surface area (Å²) in [7, 11) is 0. The van der Waals surface area contributed by atoms with Gasteiger partial charge >= 0.3 is 0 Å². The molecule has 0 radical (unpaired) electrons. The highest BCUT2D eigenvalue weighted by Crippen LogP contribution is 2.37. The van der Waals surface area contributed by atoms with Crippen molar-refractivity contribution in [1.29, 1.82) is 0 Å². The molecule has 1 aliphatic rings. The maximum absolute atomic E-state index is 4.94. The van der Waals surface area contributed by atoms with E-state index in [0.29, 0.717) is 11.9 Å². The molecule has 3 aromatic rings. The molecule has 0 saturated heterocycles. The molecule has 0 aliphatic heterocycles. The molecule has 7 heteroatoms. The number of hydrogen-bond acceptors (Lipinski definition) is 7. The van der Waals surface area contributed by atoms with Crippen LogP contribution in [0, 0.1) is 32.6 Å². The molecule has 3 aromatic heterocycles. The molecular formula is C23H32N6S. The van der Waals surface area contributed by atoms with Crippen LogP contribution in [0.1, 0.15) is 56.6 Å². The van der Waals surface area contributed by atoms with Gasteiger partial charge in [-0.15, -0.1) is 11.3 Å². The number of pyridine rings is 1. The second kappa shape index (κ2) is 8.84. The van der Waals surface area contributed by atoms with Crippen LogP contribution in [0.2, 0.25) is 0 Å². The molecule has 0 aromatic carbocycles. The molecule has 1 aliphatic carbocycles. The second-order valence-corrected chi connectivity index (χ2v) is 9.62. The lowest BCUT2D eigenvalue weighted by Crippen LogP contribution is -2.13. The summed E-state index contributed by atoms with van der Waals surface area (Å²) in [5, 5.41) is 7.98. The Balaban J connectivity index is 1.69. The zero-order valence-electron chi connectivity index (χ0n) is 18.7. The van der Waals surface area contributed by atoms with E-state index in [4.69, 9.17) is 15.0 Å². The second-order valence-electron chi connectivity index (χ2n) is 8.63. The predicted octanol–water partition coefficient (Wildman–Crippen LogP) is 5.74. The molecule has 1 fully saturated rings. The van der Waals surface area contributed by atoms with Crippen LogP contribution in [0.4, 0.5) is 11.8 Å². The van der Waals surface area contributed by atoms with Crippen LogP contribution in [0.3, 0.4) is 0 Å². The van der Waals surface area contributed by atoms with E-state index in [1.165, 1.54) is 19.3 Å². The first kappa shape index (κ1) is 21.0. The lowest BCUT2D eigenvalue weighted by atomic mass is 10.1. The number of nitrogens with zero attached hydrogens (tertiary/aromatic N) is 4. The molecule has 4 rings (SSSR count). The minimum absolute atomic E-state index is 0.690. The molecule has 1 atom stereocenters. The summed E-state index contributed by atoms with van der Waals surface area (Å²) in [6.45, 7) is 12.5. The summed E-state index contributed by atoms with van der Waals surface area (Å²) in [6, 6.07) is 2.06. The summed E-state index contributed by atoms with van der Waals surface area (Å²) in [6.07, 6.45) is 4.92. The highest BCUT2D eigenvalue weighted by atomic mass is 32.1. The smallest absolute Gasteiger partial charge is 0.224 e. The Bertz CT molecular complexity index is 1040. The van der Waals surface area contributed by atoms with Gasteiger partial charge < -0.3 is 10.6 Å². The molecule has 3 heterocycles. The van der Waals surface area contributed by atoms with Gasteiger partial charge in [0.2, 0.25) is 5.95 Å². The van der Waals surface area contributed by atoms with Crippen LogP contribution in [0.25, 0.3) is 20.8 Å². The molecule has 1 unspecified atom stereocenters. The third-order valence-electron chi connectivity index (χ3n) is 5.85. The topological polar surface area (TPSA) is 75.6 Å². The molecule has 0 bridgehead atoms. The van der Waals surface area contributed by atoms with Crippen molar-refractivity contribution >= 4 is 33.3 Å². The van der Waals surface area contributed by atoms with Gasteiger partial charge in [0.05, 0.1) is 27.2 Å². The monoisotopic (exact) mass is 424 g/mol. The Morgan fingerprint density at radius 3 is 2.60 bits per heavy atom. The quantitative estimate of drug-likeness (QED) is 0.456. The Morgan fingerprint density at radius 1 is 1.07 bits per heavy atom. The summed E-state index contributed by atoms with van der Waals surface area (Å²) in [5.74, 6) is 3.06. The van der Waals surface area contributed by atoms with Crippen molar-refractivity contribution in [2.24, 2.45) is 11.8 Å². The average Bonchev–Trinajstić information content (AvgIpc) is 3.44. The van der Waals surface area contributed by atoms with Crippen LogP contribution in [-0.4, -0.2) is 33.0 Å². The highest BCUT2D eigenvalue weighted by Gasteiger charge is 2.22. The van der Waals surface area contributed by atoms with Crippen LogP contribution >= 0.6 is 11.3 Å². The normalized spacial score (nSPS) is 14.8. The van der Waals surface area contributed by atoms with E-state index in [2.05, 4.69) is 49.4 Å². The van der Waals surface area contributed by atoms with E-state index in [1.807, 2.05) is 6.92 Å². The fourth-order valence-electron chi connectivity index (χ4n) is 3.58. The molecular weight excluding hydrogens is 392 g/mol. The third kappa shape index (κ3) is 4.72. The van der Waals surface area contributed by atoms with Gasteiger partial charge in [0, 0.05) is 18.8 Å². The van der Waals surface area contributed by atoms with Crippen molar-refractivity contribution in [3.8, 4) is 10.6 Å². The van der Waals surface area contributed by atoms with Gasteiger partial charge in [-0.25, -0.2) is 9.97 Å². The number of aromatic nitrogens is 4. The average molecular weight is 425 g/mol. The fourth-order valence-corrected chi connectivity index (χ4v) is 4.66. The largest absolute Gasteiger partial charge is 0.369 e. The van der Waals surface area contributed by atoms with Gasteiger partial charge in [-0.1, -0.05) is 20.3 Å². The summed E-state index contributed by atoms with van der Waals surface area (Å²) >= 11 is 1.68. The summed E-state index contributed by atoms with van der Waals surface area (Å²) in [4.78, 5) is 19.2. The minimum Gasteiger partial charge on any atom is -0.369 e. The van der Waals surface area contributed by atoms with E-state index >= 15 is 0 Å². The zero-order chi connectivity index (χ0) is 21.3. The Hall–Kier alpha value is -2.28. The van der Waals surface area contributed by atoms with Crippen molar-refractivity contribution in [2.45, 2.75) is 60.3 Å². The Morgan fingerprint density at radius 2 is 1.87 bits per heavy atom. The summed E-state index contributed by atoms with van der Waals surface area (Å²) in [5.41, 5.74) is 4.99. The van der Waals surface area contributed by atoms with E-state index < -0.39 is 0 Å². The number of rotatable bonds is 9. The first-order valence-corrected chi connectivity index (χ1v) is 11.9. The maximum atomic E-state index is 4.94. The van der Waals surface area contributed by atoms with Gasteiger partial charge in [-0.05, 0) is 57.9 Å². The third-order valence-corrected chi connectivity index (χ3v) is 7.05. The molecule has 1 saturated carbocycles. The van der Waals surface area contributed by atoms with Gasteiger partial charge in [0.15, 0.2) is 0 Å². The molecule has 6 nitrogen and oxygen atoms in total. The maximum Gasteiger partial charge on any atom is 0.224 e. The summed E-state index contributed by atoms with van der Waals surface area (Å²) < 4.78 is 1.14. The fraction of sp³-hybridized carbons (Fsp3) is 0.565. The molecule has 2 N–H and O–H groups in total. The number of aryl methyl sites for hydroxylation is 3. The van der Waals surface area contributed by atoms with Gasteiger partial charge in [0.1, 0.15) is 10.8 Å². The van der Waals surface area contributed by atoms with Crippen molar-refractivity contribution in [3.63, 3.8) is 0 Å².